The van der Waals surface area contributed by atoms with Gasteiger partial charge in [0, 0.05) is 9.64 Å². The Labute approximate surface area is 105 Å². The molecule has 0 aliphatic heterocycles. The molecule has 0 radical (unpaired) electrons. The van der Waals surface area contributed by atoms with E-state index in [4.69, 9.17) is 5.26 Å². The van der Waals surface area contributed by atoms with Crippen molar-refractivity contribution in [2.45, 2.75) is 6.36 Å². The Bertz CT molecular complexity index is 406. The summed E-state index contributed by atoms with van der Waals surface area (Å²) in [6, 6.07) is 2.84. The van der Waals surface area contributed by atoms with Crippen LogP contribution < -0.4 is 4.74 Å². The molecule has 1 heterocycles. The lowest BCUT2D eigenvalue weighted by Crippen LogP contribution is -2.18. The molecule has 15 heavy (non-hydrogen) atoms. The maximum Gasteiger partial charge on any atom is 0.574 e. The Morgan fingerprint density at radius 2 is 2.13 bits per heavy atom. The van der Waals surface area contributed by atoms with E-state index in [9.17, 15) is 13.2 Å². The van der Waals surface area contributed by atoms with Gasteiger partial charge in [0.2, 0.25) is 5.88 Å². The molecule has 0 aromatic carbocycles. The lowest BCUT2D eigenvalue weighted by molar-refractivity contribution is -0.276. The summed E-state index contributed by atoms with van der Waals surface area (Å²) in [5.74, 6) is -0.599. The van der Waals surface area contributed by atoms with Crippen molar-refractivity contribution in [3.8, 4) is 11.9 Å². The summed E-state index contributed by atoms with van der Waals surface area (Å²) in [7, 11) is 0. The molecule has 0 N–H and O–H groups in total. The Hall–Kier alpha value is -0.560. The monoisotopic (exact) mass is 392 g/mol. The first-order valence-corrected chi connectivity index (χ1v) is 5.22. The number of alkyl halides is 3. The molecular formula is C7HBrF3IN2O. The predicted octanol–water partition coefficient (Wildman–Crippen LogP) is 3.22. The van der Waals surface area contributed by atoms with Crippen LogP contribution in [0.5, 0.6) is 5.88 Å². The third-order valence-electron chi connectivity index (χ3n) is 1.24. The quantitative estimate of drug-likeness (QED) is 0.544. The molecule has 0 bridgehead atoms. The van der Waals surface area contributed by atoms with Gasteiger partial charge in [0.1, 0.15) is 10.7 Å². The molecule has 1 rings (SSSR count). The summed E-state index contributed by atoms with van der Waals surface area (Å²) in [4.78, 5) is 3.44. The van der Waals surface area contributed by atoms with Crippen molar-refractivity contribution in [2.75, 3.05) is 0 Å². The van der Waals surface area contributed by atoms with Crippen LogP contribution in [-0.2, 0) is 0 Å². The second-order valence-corrected chi connectivity index (χ2v) is 4.18. The number of aromatic nitrogens is 1. The van der Waals surface area contributed by atoms with Gasteiger partial charge in [0.25, 0.3) is 0 Å². The lowest BCUT2D eigenvalue weighted by atomic mass is 10.3. The summed E-state index contributed by atoms with van der Waals surface area (Å²) < 4.78 is 39.5. The molecule has 0 spiro atoms. The standard InChI is InChI=1S/C7HBrF3IN2O/c8-6-3(2-13)4(12)1-5(14-6)15-7(9,10)11/h1H. The normalized spacial score (nSPS) is 10.9. The first-order chi connectivity index (χ1) is 6.83. The van der Waals surface area contributed by atoms with Crippen molar-refractivity contribution in [3.05, 3.63) is 19.8 Å². The van der Waals surface area contributed by atoms with Gasteiger partial charge in [-0.2, -0.15) is 5.26 Å². The van der Waals surface area contributed by atoms with Crippen LogP contribution in [0.4, 0.5) is 13.2 Å². The van der Waals surface area contributed by atoms with E-state index < -0.39 is 12.2 Å². The summed E-state index contributed by atoms with van der Waals surface area (Å²) in [5.41, 5.74) is 0.171. The van der Waals surface area contributed by atoms with Crippen LogP contribution in [0.25, 0.3) is 0 Å². The number of pyridine rings is 1. The van der Waals surface area contributed by atoms with E-state index in [1.54, 1.807) is 28.7 Å². The van der Waals surface area contributed by atoms with E-state index in [0.717, 1.165) is 6.07 Å². The van der Waals surface area contributed by atoms with Crippen LogP contribution in [0.2, 0.25) is 0 Å². The predicted molar refractivity (Wildman–Crippen MR) is 56.1 cm³/mol. The minimum absolute atomic E-state index is 0.0242. The van der Waals surface area contributed by atoms with E-state index >= 15 is 0 Å². The van der Waals surface area contributed by atoms with Crippen LogP contribution >= 0.6 is 38.5 Å². The van der Waals surface area contributed by atoms with Crippen LogP contribution in [0, 0.1) is 14.9 Å². The smallest absolute Gasteiger partial charge is 0.388 e. The zero-order valence-electron chi connectivity index (χ0n) is 6.77. The van der Waals surface area contributed by atoms with E-state index in [1.807, 2.05) is 0 Å². The fourth-order valence-electron chi connectivity index (χ4n) is 0.734. The lowest BCUT2D eigenvalue weighted by Gasteiger charge is -2.08. The molecule has 1 aromatic heterocycles. The summed E-state index contributed by atoms with van der Waals surface area (Å²) in [6.07, 6.45) is -4.79. The Morgan fingerprint density at radius 1 is 1.53 bits per heavy atom. The number of halogens is 5. The SMILES string of the molecule is N#Cc1c(I)cc(OC(F)(F)F)nc1Br. The van der Waals surface area contributed by atoms with Gasteiger partial charge in [-0.05, 0) is 38.5 Å². The minimum Gasteiger partial charge on any atom is -0.388 e. The molecule has 0 aliphatic carbocycles. The molecule has 0 saturated heterocycles. The van der Waals surface area contributed by atoms with Crippen molar-refractivity contribution < 1.29 is 17.9 Å². The topological polar surface area (TPSA) is 45.9 Å². The number of nitrogens with zero attached hydrogens (tertiary/aromatic N) is 2. The molecular weight excluding hydrogens is 392 g/mol. The Kier molecular flexibility index (Phi) is 3.77. The molecule has 1 aromatic rings. The number of ether oxygens (including phenoxy) is 1. The second-order valence-electron chi connectivity index (χ2n) is 2.27. The summed E-state index contributed by atoms with van der Waals surface area (Å²) >= 11 is 4.60. The van der Waals surface area contributed by atoms with Crippen molar-refractivity contribution >= 4 is 38.5 Å². The van der Waals surface area contributed by atoms with Crippen LogP contribution in [0.15, 0.2) is 10.7 Å². The van der Waals surface area contributed by atoms with E-state index in [1.165, 1.54) is 0 Å². The van der Waals surface area contributed by atoms with Gasteiger partial charge in [0.05, 0.1) is 5.56 Å². The number of hydrogen-bond donors (Lipinski definition) is 0. The van der Waals surface area contributed by atoms with Gasteiger partial charge in [0.15, 0.2) is 0 Å². The molecule has 0 saturated carbocycles. The van der Waals surface area contributed by atoms with Crippen LogP contribution in [-0.4, -0.2) is 11.3 Å². The summed E-state index contributed by atoms with van der Waals surface area (Å²) in [6.45, 7) is 0. The maximum atomic E-state index is 11.8. The van der Waals surface area contributed by atoms with Crippen LogP contribution in [0.3, 0.4) is 0 Å². The first-order valence-electron chi connectivity index (χ1n) is 3.35. The van der Waals surface area contributed by atoms with E-state index in [0.29, 0.717) is 3.57 Å². The van der Waals surface area contributed by atoms with Gasteiger partial charge < -0.3 is 4.74 Å². The van der Waals surface area contributed by atoms with Crippen molar-refractivity contribution in [1.82, 2.24) is 4.98 Å². The van der Waals surface area contributed by atoms with Gasteiger partial charge in [-0.3, -0.25) is 0 Å². The maximum absolute atomic E-state index is 11.8. The fourth-order valence-corrected chi connectivity index (χ4v) is 2.22. The summed E-state index contributed by atoms with van der Waals surface area (Å²) in [5, 5.41) is 8.63. The van der Waals surface area contributed by atoms with E-state index in [-0.39, 0.29) is 10.2 Å². The second kappa shape index (κ2) is 4.52. The number of rotatable bonds is 1. The molecule has 0 aliphatic rings. The van der Waals surface area contributed by atoms with Gasteiger partial charge >= 0.3 is 6.36 Å². The zero-order valence-corrected chi connectivity index (χ0v) is 10.5. The van der Waals surface area contributed by atoms with Crippen molar-refractivity contribution in [3.63, 3.8) is 0 Å². The first kappa shape index (κ1) is 12.5. The number of nitriles is 1. The highest BCUT2D eigenvalue weighted by atomic mass is 127. The zero-order chi connectivity index (χ0) is 11.6. The largest absolute Gasteiger partial charge is 0.574 e. The molecule has 8 heteroatoms. The Balaban J connectivity index is 3.11. The third kappa shape index (κ3) is 3.49. The molecule has 0 amide bonds. The average molecular weight is 393 g/mol. The number of hydrogen-bond acceptors (Lipinski definition) is 3. The van der Waals surface area contributed by atoms with E-state index in [2.05, 4.69) is 25.7 Å². The Morgan fingerprint density at radius 3 is 2.53 bits per heavy atom. The van der Waals surface area contributed by atoms with Crippen molar-refractivity contribution in [1.29, 1.82) is 5.26 Å². The van der Waals surface area contributed by atoms with Gasteiger partial charge in [-0.25, -0.2) is 4.98 Å². The highest BCUT2D eigenvalue weighted by Gasteiger charge is 2.32. The van der Waals surface area contributed by atoms with Crippen LogP contribution in [0.1, 0.15) is 5.56 Å². The minimum atomic E-state index is -4.79. The van der Waals surface area contributed by atoms with Crippen molar-refractivity contribution in [2.24, 2.45) is 0 Å². The van der Waals surface area contributed by atoms with Gasteiger partial charge in [-0.1, -0.05) is 0 Å². The average Bonchev–Trinajstić information content (AvgIpc) is 1.99. The highest BCUT2D eigenvalue weighted by Crippen LogP contribution is 2.27. The van der Waals surface area contributed by atoms with Gasteiger partial charge in [-0.15, -0.1) is 13.2 Å². The molecule has 0 fully saturated rings. The highest BCUT2D eigenvalue weighted by molar-refractivity contribution is 14.1. The fraction of sp³-hybridized carbons (Fsp3) is 0.143. The molecule has 3 nitrogen and oxygen atoms in total. The molecule has 0 atom stereocenters. The molecule has 0 unspecified atom stereocenters. The molecule has 80 valence electrons. The third-order valence-corrected chi connectivity index (χ3v) is 2.66.